The lowest BCUT2D eigenvalue weighted by molar-refractivity contribution is 0.0635. The molecule has 1 fully saturated rings. The van der Waals surface area contributed by atoms with Crippen molar-refractivity contribution in [3.8, 4) is 5.75 Å². The van der Waals surface area contributed by atoms with E-state index in [1.165, 1.54) is 6.42 Å². The molecule has 0 atom stereocenters. The summed E-state index contributed by atoms with van der Waals surface area (Å²) in [5.41, 5.74) is 6.80. The molecule has 23 heavy (non-hydrogen) atoms. The Labute approximate surface area is 138 Å². The van der Waals surface area contributed by atoms with E-state index in [1.807, 2.05) is 6.07 Å². The molecule has 1 amide bonds. The second kappa shape index (κ2) is 6.79. The first-order chi connectivity index (χ1) is 10.8. The minimum absolute atomic E-state index is 0.0479. The van der Waals surface area contributed by atoms with Gasteiger partial charge in [-0.3, -0.25) is 5.32 Å². The molecule has 0 heterocycles. The molecule has 128 valence electrons. The highest BCUT2D eigenvalue weighted by molar-refractivity contribution is 5.87. The molecule has 0 bridgehead atoms. The Balaban J connectivity index is 2.16. The summed E-state index contributed by atoms with van der Waals surface area (Å²) >= 11 is 0. The first-order valence-corrected chi connectivity index (χ1v) is 8.29. The number of amides is 1. The van der Waals surface area contributed by atoms with Crippen molar-refractivity contribution in [2.24, 2.45) is 5.73 Å². The number of hydrogen-bond donors (Lipinski definition) is 3. The molecule has 0 aromatic heterocycles. The topological polar surface area (TPSA) is 84.6 Å². The Morgan fingerprint density at radius 3 is 2.48 bits per heavy atom. The van der Waals surface area contributed by atoms with Gasteiger partial charge in [0.25, 0.3) is 0 Å². The number of hydrogen-bond acceptors (Lipinski definition) is 4. The van der Waals surface area contributed by atoms with Crippen molar-refractivity contribution >= 4 is 11.8 Å². The quantitative estimate of drug-likeness (QED) is 0.737. The Kier molecular flexibility index (Phi) is 5.19. The van der Waals surface area contributed by atoms with E-state index in [4.69, 9.17) is 10.5 Å². The molecule has 0 saturated heterocycles. The van der Waals surface area contributed by atoms with E-state index >= 15 is 0 Å². The van der Waals surface area contributed by atoms with Gasteiger partial charge in [-0.05, 0) is 51.3 Å². The molecule has 4 N–H and O–H groups in total. The standard InChI is InChI=1S/C18H28N2O3/c1-17(2,3)23-16(22)20-14-8-7-13(11-15(14)21)18(12-19)9-5-4-6-10-18/h7-8,11,21H,4-6,9-10,12,19H2,1-3H3,(H,20,22). The molecule has 2 rings (SSSR count). The van der Waals surface area contributed by atoms with Crippen LogP contribution in [-0.4, -0.2) is 23.3 Å². The van der Waals surface area contributed by atoms with Crippen molar-refractivity contribution < 1.29 is 14.6 Å². The number of nitrogens with two attached hydrogens (primary N) is 1. The fraction of sp³-hybridized carbons (Fsp3) is 0.611. The first-order valence-electron chi connectivity index (χ1n) is 8.29. The number of ether oxygens (including phenoxy) is 1. The van der Waals surface area contributed by atoms with Gasteiger partial charge in [-0.1, -0.05) is 25.3 Å². The third kappa shape index (κ3) is 4.38. The van der Waals surface area contributed by atoms with Gasteiger partial charge in [0.2, 0.25) is 0 Å². The maximum Gasteiger partial charge on any atom is 0.412 e. The van der Waals surface area contributed by atoms with Gasteiger partial charge in [0.05, 0.1) is 5.69 Å². The number of nitrogens with one attached hydrogen (secondary N) is 1. The van der Waals surface area contributed by atoms with Crippen LogP contribution in [0.1, 0.15) is 58.4 Å². The van der Waals surface area contributed by atoms with Gasteiger partial charge in [-0.15, -0.1) is 0 Å². The Morgan fingerprint density at radius 1 is 1.30 bits per heavy atom. The lowest BCUT2D eigenvalue weighted by Gasteiger charge is -2.37. The first kappa shape index (κ1) is 17.6. The molecule has 1 aromatic rings. The normalized spacial score (nSPS) is 17.6. The zero-order valence-corrected chi connectivity index (χ0v) is 14.3. The Morgan fingerprint density at radius 2 is 1.96 bits per heavy atom. The highest BCUT2D eigenvalue weighted by Crippen LogP contribution is 2.41. The minimum Gasteiger partial charge on any atom is -0.506 e. The van der Waals surface area contributed by atoms with Crippen LogP contribution in [0.15, 0.2) is 18.2 Å². The van der Waals surface area contributed by atoms with Gasteiger partial charge in [-0.25, -0.2) is 4.79 Å². The summed E-state index contributed by atoms with van der Waals surface area (Å²) < 4.78 is 5.20. The van der Waals surface area contributed by atoms with E-state index in [-0.39, 0.29) is 11.2 Å². The van der Waals surface area contributed by atoms with Crippen molar-refractivity contribution in [1.29, 1.82) is 0 Å². The van der Waals surface area contributed by atoms with Gasteiger partial charge in [0.1, 0.15) is 11.4 Å². The van der Waals surface area contributed by atoms with Crippen LogP contribution < -0.4 is 11.1 Å². The van der Waals surface area contributed by atoms with Crippen LogP contribution in [-0.2, 0) is 10.2 Å². The number of anilines is 1. The van der Waals surface area contributed by atoms with Crippen LogP contribution in [0.3, 0.4) is 0 Å². The van der Waals surface area contributed by atoms with Gasteiger partial charge in [0, 0.05) is 12.0 Å². The summed E-state index contributed by atoms with van der Waals surface area (Å²) in [6.45, 7) is 5.96. The van der Waals surface area contributed by atoms with Gasteiger partial charge < -0.3 is 15.6 Å². The number of aromatic hydroxyl groups is 1. The summed E-state index contributed by atoms with van der Waals surface area (Å²) in [4.78, 5) is 11.8. The average molecular weight is 320 g/mol. The molecule has 1 aliphatic rings. The number of phenolic OH excluding ortho intramolecular Hbond substituents is 1. The maximum atomic E-state index is 11.8. The third-order valence-corrected chi connectivity index (χ3v) is 4.45. The third-order valence-electron chi connectivity index (χ3n) is 4.45. The van der Waals surface area contributed by atoms with Crippen molar-refractivity contribution in [1.82, 2.24) is 0 Å². The minimum atomic E-state index is -0.578. The van der Waals surface area contributed by atoms with Crippen LogP contribution >= 0.6 is 0 Å². The molecular formula is C18H28N2O3. The lowest BCUT2D eigenvalue weighted by atomic mass is 9.69. The number of carbonyl (C=O) groups excluding carboxylic acids is 1. The van der Waals surface area contributed by atoms with E-state index in [2.05, 4.69) is 5.32 Å². The zero-order valence-electron chi connectivity index (χ0n) is 14.3. The highest BCUT2D eigenvalue weighted by Gasteiger charge is 2.33. The van der Waals surface area contributed by atoms with Crippen LogP contribution in [0.2, 0.25) is 0 Å². The number of rotatable bonds is 3. The Hall–Kier alpha value is -1.75. The maximum absolute atomic E-state index is 11.8. The molecule has 1 saturated carbocycles. The summed E-state index contributed by atoms with van der Waals surface area (Å²) in [5, 5.41) is 12.9. The van der Waals surface area contributed by atoms with Gasteiger partial charge >= 0.3 is 6.09 Å². The van der Waals surface area contributed by atoms with Crippen molar-refractivity contribution in [3.05, 3.63) is 23.8 Å². The van der Waals surface area contributed by atoms with E-state index in [9.17, 15) is 9.90 Å². The molecule has 0 radical (unpaired) electrons. The lowest BCUT2D eigenvalue weighted by Crippen LogP contribution is -2.37. The summed E-state index contributed by atoms with van der Waals surface area (Å²) in [7, 11) is 0. The van der Waals surface area contributed by atoms with Crippen molar-refractivity contribution in [2.45, 2.75) is 63.9 Å². The highest BCUT2D eigenvalue weighted by atomic mass is 16.6. The number of carbonyl (C=O) groups is 1. The Bertz CT molecular complexity index is 558. The predicted octanol–water partition coefficient (Wildman–Crippen LogP) is 3.90. The molecule has 5 heteroatoms. The summed E-state index contributed by atoms with van der Waals surface area (Å²) in [6, 6.07) is 5.40. The second-order valence-electron chi connectivity index (χ2n) is 7.40. The largest absolute Gasteiger partial charge is 0.506 e. The molecule has 1 aliphatic carbocycles. The van der Waals surface area contributed by atoms with E-state index < -0.39 is 11.7 Å². The summed E-state index contributed by atoms with van der Waals surface area (Å²) in [5.74, 6) is 0.0479. The van der Waals surface area contributed by atoms with Gasteiger partial charge in [0.15, 0.2) is 0 Å². The SMILES string of the molecule is CC(C)(C)OC(=O)Nc1ccc(C2(CN)CCCCC2)cc1O. The van der Waals surface area contributed by atoms with Crippen molar-refractivity contribution in [3.63, 3.8) is 0 Å². The van der Waals surface area contributed by atoms with E-state index in [1.54, 1.807) is 32.9 Å². The van der Waals surface area contributed by atoms with Crippen LogP contribution in [0, 0.1) is 0 Å². The van der Waals surface area contributed by atoms with Gasteiger partial charge in [-0.2, -0.15) is 0 Å². The molecular weight excluding hydrogens is 292 g/mol. The summed E-state index contributed by atoms with van der Waals surface area (Å²) in [6.07, 6.45) is 5.08. The van der Waals surface area contributed by atoms with Crippen LogP contribution in [0.25, 0.3) is 0 Å². The fourth-order valence-electron chi connectivity index (χ4n) is 3.22. The monoisotopic (exact) mass is 320 g/mol. The second-order valence-corrected chi connectivity index (χ2v) is 7.40. The molecule has 5 nitrogen and oxygen atoms in total. The van der Waals surface area contributed by atoms with Crippen LogP contribution in [0.5, 0.6) is 5.75 Å². The van der Waals surface area contributed by atoms with Crippen molar-refractivity contribution in [2.75, 3.05) is 11.9 Å². The number of phenols is 1. The molecule has 0 aliphatic heterocycles. The van der Waals surface area contributed by atoms with Crippen LogP contribution in [0.4, 0.5) is 10.5 Å². The molecule has 1 aromatic carbocycles. The predicted molar refractivity (Wildman–Crippen MR) is 91.8 cm³/mol. The average Bonchev–Trinajstić information content (AvgIpc) is 2.48. The van der Waals surface area contributed by atoms with E-state index in [0.717, 1.165) is 31.2 Å². The molecule has 0 spiro atoms. The van der Waals surface area contributed by atoms with E-state index in [0.29, 0.717) is 12.2 Å². The number of benzene rings is 1. The fourth-order valence-corrected chi connectivity index (χ4v) is 3.22. The smallest absolute Gasteiger partial charge is 0.412 e. The zero-order chi connectivity index (χ0) is 17.1. The molecule has 0 unspecified atom stereocenters.